The third-order valence-corrected chi connectivity index (χ3v) is 3.74. The Labute approximate surface area is 162 Å². The minimum atomic E-state index is -0.654. The zero-order chi connectivity index (χ0) is 19.6. The number of carbonyl (C=O) groups is 2. The molecule has 8 heteroatoms. The summed E-state index contributed by atoms with van der Waals surface area (Å²) in [5, 5.41) is 2.94. The molecule has 0 aliphatic heterocycles. The smallest absolute Gasteiger partial charge is 0.338 e. The number of esters is 1. The average Bonchev–Trinajstić information content (AvgIpc) is 2.67. The van der Waals surface area contributed by atoms with Crippen LogP contribution in [-0.4, -0.2) is 38.2 Å². The zero-order valence-corrected chi connectivity index (χ0v) is 15.6. The van der Waals surface area contributed by atoms with Crippen LogP contribution in [0.25, 0.3) is 0 Å². The molecule has 0 bridgehead atoms. The van der Waals surface area contributed by atoms with Gasteiger partial charge >= 0.3 is 5.97 Å². The van der Waals surface area contributed by atoms with Crippen LogP contribution in [0.3, 0.4) is 0 Å². The summed E-state index contributed by atoms with van der Waals surface area (Å²) >= 11 is 5.79. The lowest BCUT2D eigenvalue weighted by Crippen LogP contribution is -2.32. The largest absolute Gasteiger partial charge is 0.494 e. The number of rotatable bonds is 9. The summed E-state index contributed by atoms with van der Waals surface area (Å²) in [5.41, 5.74) is 6.12. The Kier molecular flexibility index (Phi) is 7.76. The summed E-state index contributed by atoms with van der Waals surface area (Å²) in [7, 11) is 0. The number of nitrogen functional groups attached to an aromatic ring is 1. The van der Waals surface area contributed by atoms with Crippen LogP contribution in [0.15, 0.2) is 42.5 Å². The first-order chi connectivity index (χ1) is 13.0. The molecule has 27 heavy (non-hydrogen) atoms. The minimum Gasteiger partial charge on any atom is -0.494 e. The lowest BCUT2D eigenvalue weighted by Gasteiger charge is -2.09. The Hall–Kier alpha value is -2.93. The van der Waals surface area contributed by atoms with Crippen LogP contribution >= 0.6 is 11.6 Å². The molecular weight excluding hydrogens is 372 g/mol. The van der Waals surface area contributed by atoms with Gasteiger partial charge in [0.15, 0.2) is 6.61 Å². The third kappa shape index (κ3) is 6.71. The molecule has 0 saturated carbocycles. The van der Waals surface area contributed by atoms with E-state index in [4.69, 9.17) is 31.5 Å². The number of hydrogen-bond acceptors (Lipinski definition) is 6. The fourth-order valence-corrected chi connectivity index (χ4v) is 2.21. The first-order valence-electron chi connectivity index (χ1n) is 8.34. The normalized spacial score (nSPS) is 10.1. The molecule has 7 nitrogen and oxygen atoms in total. The highest BCUT2D eigenvalue weighted by Crippen LogP contribution is 2.20. The summed E-state index contributed by atoms with van der Waals surface area (Å²) in [6, 6.07) is 11.5. The number of amides is 1. The maximum absolute atomic E-state index is 11.9. The van der Waals surface area contributed by atoms with Gasteiger partial charge in [-0.25, -0.2) is 4.79 Å². The SMILES string of the molecule is CCOc1ccc(OCCNC(=O)COC(=O)c2ccc(Cl)c(N)c2)cc1. The molecule has 0 radical (unpaired) electrons. The molecule has 2 aromatic carbocycles. The molecule has 2 rings (SSSR count). The number of benzene rings is 2. The molecule has 0 atom stereocenters. The van der Waals surface area contributed by atoms with Gasteiger partial charge in [-0.3, -0.25) is 4.79 Å². The van der Waals surface area contributed by atoms with Gasteiger partial charge in [-0.15, -0.1) is 0 Å². The van der Waals surface area contributed by atoms with Crippen molar-refractivity contribution in [3.05, 3.63) is 53.1 Å². The van der Waals surface area contributed by atoms with Crippen molar-refractivity contribution in [2.24, 2.45) is 0 Å². The third-order valence-electron chi connectivity index (χ3n) is 3.39. The molecule has 2 aromatic rings. The molecule has 0 aliphatic carbocycles. The van der Waals surface area contributed by atoms with Crippen molar-refractivity contribution in [2.45, 2.75) is 6.92 Å². The van der Waals surface area contributed by atoms with Gasteiger partial charge in [0.25, 0.3) is 5.91 Å². The summed E-state index contributed by atoms with van der Waals surface area (Å²) in [4.78, 5) is 23.6. The maximum atomic E-state index is 11.9. The Morgan fingerprint density at radius 3 is 2.37 bits per heavy atom. The molecule has 0 aromatic heterocycles. The highest BCUT2D eigenvalue weighted by molar-refractivity contribution is 6.33. The van der Waals surface area contributed by atoms with Crippen molar-refractivity contribution in [1.29, 1.82) is 0 Å². The van der Waals surface area contributed by atoms with Crippen LogP contribution in [0.1, 0.15) is 17.3 Å². The number of hydrogen-bond donors (Lipinski definition) is 2. The van der Waals surface area contributed by atoms with Crippen LogP contribution < -0.4 is 20.5 Å². The molecule has 0 fully saturated rings. The van der Waals surface area contributed by atoms with E-state index in [1.165, 1.54) is 18.2 Å². The van der Waals surface area contributed by atoms with Gasteiger partial charge in [0.2, 0.25) is 0 Å². The number of ether oxygens (including phenoxy) is 3. The Balaban J connectivity index is 1.65. The van der Waals surface area contributed by atoms with Gasteiger partial charge < -0.3 is 25.3 Å². The van der Waals surface area contributed by atoms with Gasteiger partial charge in [0, 0.05) is 0 Å². The molecular formula is C19H21ClN2O5. The van der Waals surface area contributed by atoms with Crippen LogP contribution in [0, 0.1) is 0 Å². The number of anilines is 1. The van der Waals surface area contributed by atoms with Crippen molar-refractivity contribution in [2.75, 3.05) is 32.1 Å². The van der Waals surface area contributed by atoms with Crippen molar-refractivity contribution in [3.63, 3.8) is 0 Å². The quantitative estimate of drug-likeness (QED) is 0.386. The number of nitrogens with one attached hydrogen (secondary N) is 1. The predicted octanol–water partition coefficient (Wildman–Crippen LogP) is 2.67. The molecule has 1 amide bonds. The van der Waals surface area contributed by atoms with Gasteiger partial charge in [-0.05, 0) is 49.4 Å². The van der Waals surface area contributed by atoms with Crippen LogP contribution in [0.5, 0.6) is 11.5 Å². The van der Waals surface area contributed by atoms with Crippen molar-refractivity contribution >= 4 is 29.2 Å². The second kappa shape index (κ2) is 10.3. The lowest BCUT2D eigenvalue weighted by atomic mass is 10.2. The Morgan fingerprint density at radius 1 is 1.07 bits per heavy atom. The van der Waals surface area contributed by atoms with Crippen molar-refractivity contribution in [3.8, 4) is 11.5 Å². The Bertz CT molecular complexity index is 780. The second-order valence-electron chi connectivity index (χ2n) is 5.42. The summed E-state index contributed by atoms with van der Waals surface area (Å²) in [6.07, 6.45) is 0. The van der Waals surface area contributed by atoms with Crippen molar-refractivity contribution in [1.82, 2.24) is 5.32 Å². The van der Waals surface area contributed by atoms with E-state index < -0.39 is 18.5 Å². The summed E-state index contributed by atoms with van der Waals surface area (Å²) in [6.45, 7) is 2.67. The van der Waals surface area contributed by atoms with Gasteiger partial charge in [0.1, 0.15) is 18.1 Å². The fraction of sp³-hybridized carbons (Fsp3) is 0.263. The first kappa shape index (κ1) is 20.4. The van der Waals surface area contributed by atoms with Gasteiger partial charge in [-0.1, -0.05) is 11.6 Å². The van der Waals surface area contributed by atoms with E-state index in [1.54, 1.807) is 24.3 Å². The summed E-state index contributed by atoms with van der Waals surface area (Å²) in [5.74, 6) is 0.349. The highest BCUT2D eigenvalue weighted by Gasteiger charge is 2.11. The molecule has 144 valence electrons. The number of nitrogens with two attached hydrogens (primary N) is 1. The maximum Gasteiger partial charge on any atom is 0.338 e. The zero-order valence-electron chi connectivity index (χ0n) is 14.9. The van der Waals surface area contributed by atoms with E-state index in [9.17, 15) is 9.59 Å². The minimum absolute atomic E-state index is 0.225. The number of carbonyl (C=O) groups excluding carboxylic acids is 2. The molecule has 0 unspecified atom stereocenters. The van der Waals surface area contributed by atoms with E-state index in [0.29, 0.717) is 17.4 Å². The molecule has 0 spiro atoms. The van der Waals surface area contributed by atoms with E-state index >= 15 is 0 Å². The van der Waals surface area contributed by atoms with Crippen LogP contribution in [0.4, 0.5) is 5.69 Å². The standard InChI is InChI=1S/C19H21ClN2O5/c1-2-25-14-4-6-15(7-5-14)26-10-9-22-18(23)12-27-19(24)13-3-8-16(20)17(21)11-13/h3-8,11H,2,9-10,12,21H2,1H3,(H,22,23). The van der Waals surface area contributed by atoms with E-state index in [2.05, 4.69) is 5.32 Å². The molecule has 3 N–H and O–H groups in total. The molecule has 0 aliphatic rings. The second-order valence-corrected chi connectivity index (χ2v) is 5.82. The summed E-state index contributed by atoms with van der Waals surface area (Å²) < 4.78 is 15.8. The van der Waals surface area contributed by atoms with E-state index in [1.807, 2.05) is 6.92 Å². The monoisotopic (exact) mass is 392 g/mol. The van der Waals surface area contributed by atoms with E-state index in [-0.39, 0.29) is 24.4 Å². The lowest BCUT2D eigenvalue weighted by molar-refractivity contribution is -0.124. The molecule has 0 heterocycles. The highest BCUT2D eigenvalue weighted by atomic mass is 35.5. The fourth-order valence-electron chi connectivity index (χ4n) is 2.09. The van der Waals surface area contributed by atoms with Crippen LogP contribution in [0.2, 0.25) is 5.02 Å². The van der Waals surface area contributed by atoms with Gasteiger partial charge in [-0.2, -0.15) is 0 Å². The van der Waals surface area contributed by atoms with E-state index in [0.717, 1.165) is 5.75 Å². The first-order valence-corrected chi connectivity index (χ1v) is 8.72. The number of halogens is 1. The van der Waals surface area contributed by atoms with Crippen molar-refractivity contribution < 1.29 is 23.8 Å². The topological polar surface area (TPSA) is 99.9 Å². The van der Waals surface area contributed by atoms with Gasteiger partial charge in [0.05, 0.1) is 29.4 Å². The Morgan fingerprint density at radius 2 is 1.74 bits per heavy atom. The molecule has 0 saturated heterocycles. The average molecular weight is 393 g/mol. The predicted molar refractivity (Wildman–Crippen MR) is 102 cm³/mol. The van der Waals surface area contributed by atoms with Crippen LogP contribution in [-0.2, 0) is 9.53 Å².